The minimum absolute atomic E-state index is 0.0362. The average molecular weight is 619 g/mol. The number of nitrogens with one attached hydrogen (secondary N) is 1. The molecule has 220 valence electrons. The van der Waals surface area contributed by atoms with Gasteiger partial charge in [0, 0.05) is 12.6 Å². The van der Waals surface area contributed by atoms with Crippen molar-refractivity contribution in [2.75, 3.05) is 10.8 Å². The third-order valence-electron chi connectivity index (χ3n) is 6.93. The average Bonchev–Trinajstić information content (AvgIpc) is 2.94. The third kappa shape index (κ3) is 8.24. The van der Waals surface area contributed by atoms with Crippen molar-refractivity contribution in [3.05, 3.63) is 93.5 Å². The van der Waals surface area contributed by atoms with Crippen LogP contribution < -0.4 is 9.62 Å². The quantitative estimate of drug-likeness (QED) is 0.250. The Bertz CT molecular complexity index is 1460. The van der Waals surface area contributed by atoms with E-state index in [1.807, 2.05) is 34.6 Å². The van der Waals surface area contributed by atoms with Crippen molar-refractivity contribution in [3.8, 4) is 0 Å². The van der Waals surface area contributed by atoms with Gasteiger partial charge in [-0.15, -0.1) is 0 Å². The van der Waals surface area contributed by atoms with Gasteiger partial charge in [0.1, 0.15) is 12.6 Å². The van der Waals surface area contributed by atoms with E-state index in [9.17, 15) is 18.0 Å². The maximum atomic E-state index is 14.1. The fraction of sp³-hybridized carbons (Fsp3) is 0.355. The van der Waals surface area contributed by atoms with Crippen LogP contribution in [0.5, 0.6) is 0 Å². The monoisotopic (exact) mass is 617 g/mol. The van der Waals surface area contributed by atoms with Gasteiger partial charge in [0.2, 0.25) is 11.8 Å². The number of rotatable bonds is 12. The molecule has 3 aromatic carbocycles. The summed E-state index contributed by atoms with van der Waals surface area (Å²) in [6.45, 7) is 8.96. The van der Waals surface area contributed by atoms with Crippen LogP contribution >= 0.6 is 23.2 Å². The summed E-state index contributed by atoms with van der Waals surface area (Å²) in [6.07, 6.45) is 1.05. The van der Waals surface area contributed by atoms with Gasteiger partial charge in [-0.1, -0.05) is 78.5 Å². The number of nitrogens with zero attached hydrogens (tertiary/aromatic N) is 2. The van der Waals surface area contributed by atoms with E-state index in [0.29, 0.717) is 27.7 Å². The Balaban J connectivity index is 2.07. The van der Waals surface area contributed by atoms with Gasteiger partial charge in [0.25, 0.3) is 10.0 Å². The molecule has 0 unspecified atom stereocenters. The second-order valence-electron chi connectivity index (χ2n) is 10.2. The lowest BCUT2D eigenvalue weighted by molar-refractivity contribution is -0.140. The molecule has 0 aliphatic carbocycles. The number of amides is 2. The van der Waals surface area contributed by atoms with Gasteiger partial charge in [0.15, 0.2) is 0 Å². The maximum absolute atomic E-state index is 14.1. The number of hydrogen-bond acceptors (Lipinski definition) is 4. The standard InChI is InChI=1S/C31H37Cl2N3O4S/c1-6-23(5)34-31(38)29(7-2)35(19-24-12-17-27(32)28(33)18-24)30(37)20-36(25-13-8-21(3)9-14-25)41(39,40)26-15-10-22(4)11-16-26/h8-18,23,29H,6-7,19-20H2,1-5H3,(H,34,38)/t23-,29-/m1/s1. The second-order valence-corrected chi connectivity index (χ2v) is 12.8. The number of halogens is 2. The summed E-state index contributed by atoms with van der Waals surface area (Å²) < 4.78 is 29.0. The van der Waals surface area contributed by atoms with E-state index < -0.39 is 28.5 Å². The summed E-state index contributed by atoms with van der Waals surface area (Å²) in [5.41, 5.74) is 2.86. The minimum atomic E-state index is -4.13. The second kappa shape index (κ2) is 14.2. The Morgan fingerprint density at radius 3 is 1.98 bits per heavy atom. The molecule has 0 spiro atoms. The van der Waals surface area contributed by atoms with Gasteiger partial charge in [0.05, 0.1) is 20.6 Å². The normalized spacial score (nSPS) is 12.9. The molecular weight excluding hydrogens is 581 g/mol. The van der Waals surface area contributed by atoms with Crippen LogP contribution in [0, 0.1) is 13.8 Å². The van der Waals surface area contributed by atoms with Crippen molar-refractivity contribution in [1.82, 2.24) is 10.2 Å². The Labute approximate surface area is 253 Å². The molecule has 0 saturated heterocycles. The zero-order valence-corrected chi connectivity index (χ0v) is 26.4. The summed E-state index contributed by atoms with van der Waals surface area (Å²) in [7, 11) is -4.13. The molecule has 10 heteroatoms. The summed E-state index contributed by atoms with van der Waals surface area (Å²) >= 11 is 12.4. The molecule has 41 heavy (non-hydrogen) atoms. The molecule has 3 aromatic rings. The first-order valence-corrected chi connectivity index (χ1v) is 15.8. The van der Waals surface area contributed by atoms with Gasteiger partial charge >= 0.3 is 0 Å². The predicted octanol–water partition coefficient (Wildman–Crippen LogP) is 6.53. The highest BCUT2D eigenvalue weighted by Crippen LogP contribution is 2.27. The molecule has 0 saturated carbocycles. The molecule has 2 amide bonds. The molecule has 0 heterocycles. The highest BCUT2D eigenvalue weighted by molar-refractivity contribution is 7.92. The van der Waals surface area contributed by atoms with Crippen LogP contribution in [0.25, 0.3) is 0 Å². The first-order valence-electron chi connectivity index (χ1n) is 13.6. The van der Waals surface area contributed by atoms with Crippen LogP contribution in [-0.4, -0.2) is 43.8 Å². The van der Waals surface area contributed by atoms with Crippen molar-refractivity contribution in [2.45, 2.75) is 71.0 Å². The predicted molar refractivity (Wildman–Crippen MR) is 166 cm³/mol. The zero-order valence-electron chi connectivity index (χ0n) is 24.0. The number of carbonyl (C=O) groups is 2. The van der Waals surface area contributed by atoms with E-state index in [1.165, 1.54) is 17.0 Å². The first-order chi connectivity index (χ1) is 19.4. The molecule has 0 aromatic heterocycles. The van der Waals surface area contributed by atoms with Crippen molar-refractivity contribution in [3.63, 3.8) is 0 Å². The number of aryl methyl sites for hydroxylation is 2. The van der Waals surface area contributed by atoms with Gasteiger partial charge < -0.3 is 10.2 Å². The van der Waals surface area contributed by atoms with Crippen LogP contribution in [0.1, 0.15) is 50.3 Å². The van der Waals surface area contributed by atoms with E-state index in [2.05, 4.69) is 5.32 Å². The SMILES string of the molecule is CC[C@@H](C)NC(=O)[C@@H](CC)N(Cc1ccc(Cl)c(Cl)c1)C(=O)CN(c1ccc(C)cc1)S(=O)(=O)c1ccc(C)cc1. The number of hydrogen-bond donors (Lipinski definition) is 1. The van der Waals surface area contributed by atoms with Gasteiger partial charge in [-0.05, 0) is 75.6 Å². The number of benzene rings is 3. The summed E-state index contributed by atoms with van der Waals surface area (Å²) in [4.78, 5) is 29.0. The number of sulfonamides is 1. The Kier molecular flexibility index (Phi) is 11.2. The third-order valence-corrected chi connectivity index (χ3v) is 9.46. The largest absolute Gasteiger partial charge is 0.352 e. The lowest BCUT2D eigenvalue weighted by Gasteiger charge is -2.33. The van der Waals surface area contributed by atoms with E-state index in [4.69, 9.17) is 23.2 Å². The van der Waals surface area contributed by atoms with Gasteiger partial charge in [-0.3, -0.25) is 13.9 Å². The van der Waals surface area contributed by atoms with Crippen LogP contribution in [0.4, 0.5) is 5.69 Å². The topological polar surface area (TPSA) is 86.8 Å². The molecule has 0 radical (unpaired) electrons. The van der Waals surface area contributed by atoms with E-state index in [-0.39, 0.29) is 23.4 Å². The van der Waals surface area contributed by atoms with Crippen molar-refractivity contribution in [1.29, 1.82) is 0 Å². The summed E-state index contributed by atoms with van der Waals surface area (Å²) in [5.74, 6) is -0.836. The lowest BCUT2D eigenvalue weighted by Crippen LogP contribution is -2.53. The molecule has 2 atom stereocenters. The molecule has 7 nitrogen and oxygen atoms in total. The van der Waals surface area contributed by atoms with E-state index >= 15 is 0 Å². The molecule has 0 aliphatic heterocycles. The summed E-state index contributed by atoms with van der Waals surface area (Å²) in [5, 5.41) is 3.64. The molecule has 3 rings (SSSR count). The van der Waals surface area contributed by atoms with Crippen molar-refractivity contribution >= 4 is 50.7 Å². The first kappa shape index (κ1) is 32.4. The Morgan fingerprint density at radius 1 is 0.854 bits per heavy atom. The van der Waals surface area contributed by atoms with Crippen LogP contribution in [0.15, 0.2) is 71.6 Å². The summed E-state index contributed by atoms with van der Waals surface area (Å²) in [6, 6.07) is 17.5. The lowest BCUT2D eigenvalue weighted by atomic mass is 10.1. The molecule has 1 N–H and O–H groups in total. The van der Waals surface area contributed by atoms with Gasteiger partial charge in [-0.2, -0.15) is 0 Å². The van der Waals surface area contributed by atoms with Crippen LogP contribution in [-0.2, 0) is 26.2 Å². The Morgan fingerprint density at radius 2 is 1.44 bits per heavy atom. The van der Waals surface area contributed by atoms with Crippen molar-refractivity contribution in [2.24, 2.45) is 0 Å². The molecule has 0 aliphatic rings. The molecule has 0 bridgehead atoms. The minimum Gasteiger partial charge on any atom is -0.352 e. The number of carbonyl (C=O) groups excluding carboxylic acids is 2. The highest BCUT2D eigenvalue weighted by Gasteiger charge is 2.34. The zero-order chi connectivity index (χ0) is 30.3. The van der Waals surface area contributed by atoms with E-state index in [0.717, 1.165) is 21.9 Å². The van der Waals surface area contributed by atoms with Crippen LogP contribution in [0.2, 0.25) is 10.0 Å². The Hall–Kier alpha value is -3.07. The molecule has 0 fully saturated rings. The van der Waals surface area contributed by atoms with Gasteiger partial charge in [-0.25, -0.2) is 8.42 Å². The van der Waals surface area contributed by atoms with E-state index in [1.54, 1.807) is 54.6 Å². The fourth-order valence-electron chi connectivity index (χ4n) is 4.27. The highest BCUT2D eigenvalue weighted by atomic mass is 35.5. The van der Waals surface area contributed by atoms with Crippen LogP contribution in [0.3, 0.4) is 0 Å². The van der Waals surface area contributed by atoms with Crippen molar-refractivity contribution < 1.29 is 18.0 Å². The smallest absolute Gasteiger partial charge is 0.264 e. The fourth-order valence-corrected chi connectivity index (χ4v) is 6.01. The number of anilines is 1. The maximum Gasteiger partial charge on any atom is 0.264 e. The molecular formula is C31H37Cl2N3O4S.